The third kappa shape index (κ3) is 6.51. The van der Waals surface area contributed by atoms with Crippen LogP contribution >= 0.6 is 0 Å². The van der Waals surface area contributed by atoms with Crippen LogP contribution < -0.4 is 15.8 Å². The summed E-state index contributed by atoms with van der Waals surface area (Å²) in [5.41, 5.74) is 10.2. The molecule has 1 aliphatic rings. The molecule has 3 rings (SSSR count). The Hall–Kier alpha value is -2.96. The molecule has 0 saturated heterocycles. The largest absolute Gasteiger partial charge is 0.490 e. The second kappa shape index (κ2) is 12.0. The molecule has 0 aliphatic heterocycles. The number of nitrogens with zero attached hydrogens (tertiary/aromatic N) is 1. The number of amides is 1. The minimum absolute atomic E-state index is 0.0402. The number of fused-ring (bicyclic) bond motifs is 1. The lowest BCUT2D eigenvalue weighted by atomic mass is 9.92. The highest BCUT2D eigenvalue weighted by molar-refractivity contribution is 5.97. The van der Waals surface area contributed by atoms with Crippen molar-refractivity contribution < 1.29 is 23.9 Å². The van der Waals surface area contributed by atoms with Gasteiger partial charge in [-0.1, -0.05) is 13.0 Å². The van der Waals surface area contributed by atoms with Gasteiger partial charge in [0.2, 0.25) is 5.91 Å². The van der Waals surface area contributed by atoms with Crippen LogP contribution in [0, 0.1) is 6.92 Å². The number of carbonyl (C=O) groups excluding carboxylic acids is 3. The first-order chi connectivity index (χ1) is 14.9. The number of carbonyl (C=O) groups is 1. The monoisotopic (exact) mass is 429 g/mol. The number of hydrogen-bond donors (Lipinski definition) is 2. The molecule has 1 saturated carbocycles. The van der Waals surface area contributed by atoms with E-state index < -0.39 is 0 Å². The van der Waals surface area contributed by atoms with Gasteiger partial charge in [0.15, 0.2) is 0 Å². The molecule has 168 valence electrons. The summed E-state index contributed by atoms with van der Waals surface area (Å²) in [6.45, 7) is 6.67. The van der Waals surface area contributed by atoms with E-state index in [9.17, 15) is 4.79 Å². The van der Waals surface area contributed by atoms with Gasteiger partial charge in [-0.05, 0) is 63.6 Å². The van der Waals surface area contributed by atoms with Crippen LogP contribution in [0.25, 0.3) is 10.9 Å². The van der Waals surface area contributed by atoms with Crippen LogP contribution in [0.15, 0.2) is 18.2 Å². The molecule has 31 heavy (non-hydrogen) atoms. The minimum atomic E-state index is -0.0402. The lowest BCUT2D eigenvalue weighted by Gasteiger charge is -2.30. The molecule has 1 amide bonds. The number of rotatable bonds is 7. The van der Waals surface area contributed by atoms with Crippen LogP contribution in [0.4, 0.5) is 5.69 Å². The summed E-state index contributed by atoms with van der Waals surface area (Å²) < 4.78 is 11.5. The van der Waals surface area contributed by atoms with E-state index in [1.807, 2.05) is 32.0 Å². The summed E-state index contributed by atoms with van der Waals surface area (Å²) in [5, 5.41) is 3.96. The van der Waals surface area contributed by atoms with Gasteiger partial charge >= 0.3 is 6.15 Å². The predicted octanol–water partition coefficient (Wildman–Crippen LogP) is 2.95. The maximum atomic E-state index is 11.8. The Morgan fingerprint density at radius 2 is 1.90 bits per heavy atom. The highest BCUT2D eigenvalue weighted by Gasteiger charge is 2.24. The fourth-order valence-corrected chi connectivity index (χ4v) is 3.99. The fraction of sp³-hybridized carbons (Fsp3) is 0.522. The first kappa shape index (κ1) is 24.3. The number of aromatic nitrogens is 1. The van der Waals surface area contributed by atoms with E-state index in [2.05, 4.69) is 12.2 Å². The van der Waals surface area contributed by atoms with Crippen molar-refractivity contribution in [2.24, 2.45) is 0 Å². The Bertz CT molecular complexity index is 917. The molecule has 1 aliphatic carbocycles. The molecule has 0 bridgehead atoms. The summed E-state index contributed by atoms with van der Waals surface area (Å²) in [7, 11) is 0. The van der Waals surface area contributed by atoms with E-state index in [4.69, 9.17) is 29.8 Å². The molecule has 3 N–H and O–H groups in total. The Balaban J connectivity index is 0.00000107. The smallest absolute Gasteiger partial charge is 0.373 e. The van der Waals surface area contributed by atoms with Gasteiger partial charge in [-0.3, -0.25) is 9.78 Å². The molecule has 8 nitrogen and oxygen atoms in total. The van der Waals surface area contributed by atoms with Crippen molar-refractivity contribution in [3.05, 3.63) is 29.5 Å². The zero-order chi connectivity index (χ0) is 22.8. The highest BCUT2D eigenvalue weighted by atomic mass is 16.5. The van der Waals surface area contributed by atoms with E-state index in [0.717, 1.165) is 65.7 Å². The number of anilines is 1. The van der Waals surface area contributed by atoms with E-state index in [1.54, 1.807) is 0 Å². The Morgan fingerprint density at radius 1 is 1.23 bits per heavy atom. The number of nitrogens with two attached hydrogens (primary N) is 1. The summed E-state index contributed by atoms with van der Waals surface area (Å²) in [4.78, 5) is 32.8. The molecule has 1 aromatic carbocycles. The first-order valence-electron chi connectivity index (χ1n) is 10.7. The number of pyridine rings is 1. The van der Waals surface area contributed by atoms with Gasteiger partial charge in [-0.15, -0.1) is 0 Å². The first-order valence-corrected chi connectivity index (χ1v) is 10.7. The van der Waals surface area contributed by atoms with Crippen LogP contribution in [0.1, 0.15) is 50.8 Å². The standard InChI is InChI=1S/C22H31N3O3.CO2/c1-4-17-14(3)24-18-7-6-8-19(21(18)22(17)23)28-16-11-9-15(10-12-16)25-20(26)13-27-5-2;2-1-3/h6-8,15-16H,4-5,9-13H2,1-3H3,(H2,23,24)(H,25,26);. The number of nitrogen functional groups attached to an aromatic ring is 1. The Kier molecular flexibility index (Phi) is 9.43. The van der Waals surface area contributed by atoms with Gasteiger partial charge in [0.1, 0.15) is 12.4 Å². The molecule has 1 heterocycles. The van der Waals surface area contributed by atoms with Gasteiger partial charge in [0, 0.05) is 24.0 Å². The lowest BCUT2D eigenvalue weighted by Crippen LogP contribution is -2.41. The van der Waals surface area contributed by atoms with E-state index >= 15 is 0 Å². The molecule has 0 unspecified atom stereocenters. The van der Waals surface area contributed by atoms with Crippen molar-refractivity contribution in [3.8, 4) is 5.75 Å². The maximum absolute atomic E-state index is 11.8. The van der Waals surface area contributed by atoms with Crippen LogP contribution in [-0.2, 0) is 25.5 Å². The summed E-state index contributed by atoms with van der Waals surface area (Å²) in [6, 6.07) is 6.12. The average Bonchev–Trinajstić information content (AvgIpc) is 2.74. The van der Waals surface area contributed by atoms with Crippen molar-refractivity contribution >= 4 is 28.6 Å². The minimum Gasteiger partial charge on any atom is -0.490 e. The van der Waals surface area contributed by atoms with Crippen molar-refractivity contribution in [2.75, 3.05) is 18.9 Å². The number of hydrogen-bond acceptors (Lipinski definition) is 7. The molecule has 1 fully saturated rings. The second-order valence-corrected chi connectivity index (χ2v) is 7.47. The van der Waals surface area contributed by atoms with Crippen LogP contribution in [0.2, 0.25) is 0 Å². The summed E-state index contributed by atoms with van der Waals surface area (Å²) in [6.07, 6.45) is 4.82. The van der Waals surface area contributed by atoms with Crippen LogP contribution in [0.3, 0.4) is 0 Å². The molecule has 0 radical (unpaired) electrons. The summed E-state index contributed by atoms with van der Waals surface area (Å²) in [5.74, 6) is 0.766. The predicted molar refractivity (Wildman–Crippen MR) is 117 cm³/mol. The molecule has 0 spiro atoms. The molecule has 0 atom stereocenters. The quantitative estimate of drug-likeness (QED) is 0.694. The highest BCUT2D eigenvalue weighted by Crippen LogP contribution is 2.35. The summed E-state index contributed by atoms with van der Waals surface area (Å²) >= 11 is 0. The van der Waals surface area contributed by atoms with Crippen molar-refractivity contribution in [1.82, 2.24) is 10.3 Å². The van der Waals surface area contributed by atoms with Gasteiger partial charge in [-0.2, -0.15) is 9.59 Å². The Labute approximate surface area is 182 Å². The zero-order valence-electron chi connectivity index (χ0n) is 18.4. The third-order valence-electron chi connectivity index (χ3n) is 5.45. The average molecular weight is 430 g/mol. The topological polar surface area (TPSA) is 121 Å². The molecular formula is C23H31N3O5. The molecular weight excluding hydrogens is 398 g/mol. The van der Waals surface area contributed by atoms with Gasteiger partial charge in [0.05, 0.1) is 17.0 Å². The maximum Gasteiger partial charge on any atom is 0.373 e. The van der Waals surface area contributed by atoms with Crippen molar-refractivity contribution in [2.45, 2.75) is 65.0 Å². The second-order valence-electron chi connectivity index (χ2n) is 7.47. The fourth-order valence-electron chi connectivity index (χ4n) is 3.99. The van der Waals surface area contributed by atoms with Crippen LogP contribution in [-0.4, -0.2) is 42.4 Å². The lowest BCUT2D eigenvalue weighted by molar-refractivity contribution is -0.191. The molecule has 2 aromatic rings. The van der Waals surface area contributed by atoms with Crippen molar-refractivity contribution in [1.29, 1.82) is 0 Å². The number of ether oxygens (including phenoxy) is 2. The van der Waals surface area contributed by atoms with Gasteiger partial charge < -0.3 is 20.5 Å². The third-order valence-corrected chi connectivity index (χ3v) is 5.45. The zero-order valence-corrected chi connectivity index (χ0v) is 18.4. The number of aryl methyl sites for hydroxylation is 1. The van der Waals surface area contributed by atoms with Crippen LogP contribution in [0.5, 0.6) is 5.75 Å². The molecule has 1 aromatic heterocycles. The molecule has 8 heteroatoms. The van der Waals surface area contributed by atoms with Gasteiger partial charge in [-0.25, -0.2) is 0 Å². The van der Waals surface area contributed by atoms with E-state index in [-0.39, 0.29) is 30.8 Å². The SMILES string of the molecule is CCOCC(=O)NC1CCC(Oc2cccc3nc(C)c(CC)c(N)c23)CC1.O=C=O. The number of benzene rings is 1. The number of nitrogens with one attached hydrogen (secondary N) is 1. The van der Waals surface area contributed by atoms with Crippen molar-refractivity contribution in [3.63, 3.8) is 0 Å². The van der Waals surface area contributed by atoms with E-state index in [0.29, 0.717) is 6.61 Å². The Morgan fingerprint density at radius 3 is 2.52 bits per heavy atom. The van der Waals surface area contributed by atoms with E-state index in [1.165, 1.54) is 0 Å². The van der Waals surface area contributed by atoms with Gasteiger partial charge in [0.25, 0.3) is 0 Å². The normalized spacial score (nSPS) is 17.9.